The number of halogens is 3. The fourth-order valence-corrected chi connectivity index (χ4v) is 0.674. The summed E-state index contributed by atoms with van der Waals surface area (Å²) in [5, 5.41) is 15.4. The van der Waals surface area contributed by atoms with Gasteiger partial charge in [0.25, 0.3) is 0 Å². The number of esters is 1. The Morgan fingerprint density at radius 1 is 1.43 bits per heavy atom. The molecule has 4 nitrogen and oxygen atoms in total. The Morgan fingerprint density at radius 3 is 2.07 bits per heavy atom. The maximum absolute atomic E-state index is 12.0. The fourth-order valence-electron chi connectivity index (χ4n) is 0.674. The Hall–Kier alpha value is -1.53. The van der Waals surface area contributed by atoms with Crippen molar-refractivity contribution in [1.82, 2.24) is 0 Å². The number of allylic oxidation sites excluding steroid dienone is 1. The third-order valence-corrected chi connectivity index (χ3v) is 1.28. The van der Waals surface area contributed by atoms with Gasteiger partial charge in [-0.2, -0.15) is 13.2 Å². The first kappa shape index (κ1) is 12.5. The lowest BCUT2D eigenvalue weighted by molar-refractivity contribution is -0.136. The van der Waals surface area contributed by atoms with Gasteiger partial charge in [-0.15, -0.1) is 0 Å². The number of carbonyl (C=O) groups is 1. The van der Waals surface area contributed by atoms with Gasteiger partial charge >= 0.3 is 12.1 Å². The van der Waals surface area contributed by atoms with E-state index < -0.39 is 29.2 Å². The molecule has 0 aromatic rings. The predicted octanol–water partition coefficient (Wildman–Crippen LogP) is 1.57. The monoisotopic (exact) mass is 211 g/mol. The van der Waals surface area contributed by atoms with E-state index in [-0.39, 0.29) is 0 Å². The van der Waals surface area contributed by atoms with Crippen LogP contribution in [0.4, 0.5) is 13.2 Å². The summed E-state index contributed by atoms with van der Waals surface area (Å²) < 4.78 is 39.9. The number of aliphatic hydroxyl groups is 1. The van der Waals surface area contributed by atoms with Crippen molar-refractivity contribution >= 4 is 11.7 Å². The normalized spacial score (nSPS) is 13.2. The molecule has 0 saturated carbocycles. The summed E-state index contributed by atoms with van der Waals surface area (Å²) in [5.74, 6) is -2.30. The van der Waals surface area contributed by atoms with Crippen LogP contribution in [0.15, 0.2) is 11.3 Å². The number of hydrogen-bond acceptors (Lipinski definition) is 4. The zero-order valence-corrected chi connectivity index (χ0v) is 7.40. The molecule has 0 unspecified atom stereocenters. The van der Waals surface area contributed by atoms with Crippen LogP contribution < -0.4 is 0 Å². The topological polar surface area (TPSA) is 70.4 Å². The van der Waals surface area contributed by atoms with Gasteiger partial charge in [-0.1, -0.05) is 0 Å². The smallest absolute Gasteiger partial charge is 0.433 e. The molecule has 0 atom stereocenters. The lowest BCUT2D eigenvalue weighted by atomic mass is 10.1. The highest BCUT2D eigenvalue weighted by Crippen LogP contribution is 2.22. The van der Waals surface area contributed by atoms with E-state index in [0.717, 1.165) is 14.0 Å². The summed E-state index contributed by atoms with van der Waals surface area (Å²) in [6.45, 7) is 0.868. The van der Waals surface area contributed by atoms with Gasteiger partial charge in [0.05, 0.1) is 7.11 Å². The van der Waals surface area contributed by atoms with Crippen LogP contribution in [0.2, 0.25) is 0 Å². The first-order valence-corrected chi connectivity index (χ1v) is 3.36. The third-order valence-electron chi connectivity index (χ3n) is 1.28. The molecule has 0 aliphatic rings. The molecule has 0 aliphatic heterocycles. The van der Waals surface area contributed by atoms with Gasteiger partial charge in [-0.25, -0.2) is 4.79 Å². The standard InChI is InChI=1S/C7H8F3NO3/c1-3(12)4(6(13)14-2)5(11)7(8,9)10/h11-12H,1-2H3/b4-3+,11-5?. The number of alkyl halides is 3. The van der Waals surface area contributed by atoms with Crippen molar-refractivity contribution in [1.29, 1.82) is 5.41 Å². The molecule has 0 bridgehead atoms. The summed E-state index contributed by atoms with van der Waals surface area (Å²) >= 11 is 0. The highest BCUT2D eigenvalue weighted by Gasteiger charge is 2.40. The van der Waals surface area contributed by atoms with Gasteiger partial charge in [0.1, 0.15) is 11.3 Å². The molecule has 0 aromatic carbocycles. The molecule has 2 N–H and O–H groups in total. The minimum absolute atomic E-state index is 0.856. The van der Waals surface area contributed by atoms with E-state index in [1.807, 2.05) is 0 Å². The molecule has 0 saturated heterocycles. The summed E-state index contributed by atoms with van der Waals surface area (Å²) in [4.78, 5) is 10.8. The minimum atomic E-state index is -4.99. The van der Waals surface area contributed by atoms with E-state index in [0.29, 0.717) is 0 Å². The second-order valence-electron chi connectivity index (χ2n) is 2.32. The van der Waals surface area contributed by atoms with Gasteiger partial charge in [0.2, 0.25) is 0 Å². The van der Waals surface area contributed by atoms with Crippen molar-refractivity contribution in [3.8, 4) is 0 Å². The molecule has 0 amide bonds. The molecule has 0 spiro atoms. The van der Waals surface area contributed by atoms with Gasteiger partial charge in [0, 0.05) is 0 Å². The molecular formula is C7H8F3NO3. The molecule has 0 aliphatic carbocycles. The van der Waals surface area contributed by atoms with E-state index in [1.54, 1.807) is 0 Å². The van der Waals surface area contributed by atoms with E-state index >= 15 is 0 Å². The van der Waals surface area contributed by atoms with Gasteiger partial charge in [-0.05, 0) is 6.92 Å². The largest absolute Gasteiger partial charge is 0.512 e. The molecule has 0 rings (SSSR count). The van der Waals surface area contributed by atoms with Crippen LogP contribution in [0.5, 0.6) is 0 Å². The third kappa shape index (κ3) is 2.75. The van der Waals surface area contributed by atoms with Crippen LogP contribution in [-0.2, 0) is 9.53 Å². The van der Waals surface area contributed by atoms with E-state index in [9.17, 15) is 18.0 Å². The number of nitrogens with one attached hydrogen (secondary N) is 1. The Kier molecular flexibility index (Phi) is 3.67. The van der Waals surface area contributed by atoms with Crippen molar-refractivity contribution in [2.45, 2.75) is 13.1 Å². The average Bonchev–Trinajstić information content (AvgIpc) is 2.01. The fraction of sp³-hybridized carbons (Fsp3) is 0.429. The van der Waals surface area contributed by atoms with Crippen molar-refractivity contribution < 1.29 is 27.8 Å². The van der Waals surface area contributed by atoms with Crippen molar-refractivity contribution in [2.24, 2.45) is 0 Å². The van der Waals surface area contributed by atoms with Crippen LogP contribution in [-0.4, -0.2) is 30.1 Å². The van der Waals surface area contributed by atoms with Crippen molar-refractivity contribution in [2.75, 3.05) is 7.11 Å². The van der Waals surface area contributed by atoms with Crippen LogP contribution in [0.1, 0.15) is 6.92 Å². The number of methoxy groups -OCH3 is 1. The number of ether oxygens (including phenoxy) is 1. The lowest BCUT2D eigenvalue weighted by Gasteiger charge is -2.10. The number of hydrogen-bond donors (Lipinski definition) is 2. The Morgan fingerprint density at radius 2 is 1.86 bits per heavy atom. The predicted molar refractivity (Wildman–Crippen MR) is 41.1 cm³/mol. The second-order valence-corrected chi connectivity index (χ2v) is 2.32. The summed E-state index contributed by atoms with van der Waals surface area (Å²) in [5.41, 5.74) is -3.11. The van der Waals surface area contributed by atoms with Crippen LogP contribution in [0.3, 0.4) is 0 Å². The second kappa shape index (κ2) is 4.12. The average molecular weight is 211 g/mol. The van der Waals surface area contributed by atoms with E-state index in [4.69, 9.17) is 10.5 Å². The Labute approximate surface area is 77.5 Å². The molecule has 7 heteroatoms. The van der Waals surface area contributed by atoms with Crippen molar-refractivity contribution in [3.05, 3.63) is 11.3 Å². The first-order chi connectivity index (χ1) is 6.21. The maximum atomic E-state index is 12.0. The summed E-state index contributed by atoms with van der Waals surface area (Å²) in [6, 6.07) is 0. The molecule has 0 radical (unpaired) electrons. The van der Waals surface area contributed by atoms with E-state index in [1.165, 1.54) is 0 Å². The highest BCUT2D eigenvalue weighted by molar-refractivity contribution is 6.20. The Balaban J connectivity index is 5.20. The highest BCUT2D eigenvalue weighted by atomic mass is 19.4. The zero-order valence-electron chi connectivity index (χ0n) is 7.40. The number of rotatable bonds is 2. The molecule has 0 aromatic heterocycles. The van der Waals surface area contributed by atoms with Crippen LogP contribution in [0, 0.1) is 5.41 Å². The van der Waals surface area contributed by atoms with Crippen molar-refractivity contribution in [3.63, 3.8) is 0 Å². The molecule has 0 fully saturated rings. The summed E-state index contributed by atoms with van der Waals surface area (Å²) in [7, 11) is 0.856. The maximum Gasteiger partial charge on any atom is 0.433 e. The molecular weight excluding hydrogens is 203 g/mol. The molecule has 0 heterocycles. The first-order valence-electron chi connectivity index (χ1n) is 3.36. The molecule has 80 valence electrons. The van der Waals surface area contributed by atoms with E-state index in [2.05, 4.69) is 4.74 Å². The Bertz CT molecular complexity index is 289. The minimum Gasteiger partial charge on any atom is -0.512 e. The molecule has 14 heavy (non-hydrogen) atoms. The SMILES string of the molecule is COC(=O)/C(C(=N)C(F)(F)F)=C(\C)O. The summed E-state index contributed by atoms with van der Waals surface area (Å²) in [6.07, 6.45) is -4.99. The van der Waals surface area contributed by atoms with Gasteiger partial charge in [-0.3, -0.25) is 5.41 Å². The quantitative estimate of drug-likeness (QED) is 0.315. The van der Waals surface area contributed by atoms with Crippen LogP contribution in [0.25, 0.3) is 0 Å². The van der Waals surface area contributed by atoms with Gasteiger partial charge in [0.15, 0.2) is 5.71 Å². The number of aliphatic hydroxyl groups excluding tert-OH is 1. The number of carbonyl (C=O) groups excluding carboxylic acids is 1. The lowest BCUT2D eigenvalue weighted by Crippen LogP contribution is -2.29. The zero-order chi connectivity index (χ0) is 11.5. The van der Waals surface area contributed by atoms with Gasteiger partial charge < -0.3 is 9.84 Å². The van der Waals surface area contributed by atoms with Crippen LogP contribution >= 0.6 is 0 Å².